The second-order valence-electron chi connectivity index (χ2n) is 11.3. The summed E-state index contributed by atoms with van der Waals surface area (Å²) in [6, 6.07) is 44.0. The van der Waals surface area contributed by atoms with E-state index in [4.69, 9.17) is 4.43 Å². The number of benzene rings is 4. The molecule has 196 valence electrons. The Labute approximate surface area is 232 Å². The predicted octanol–water partition coefficient (Wildman–Crippen LogP) is 6.72. The van der Waals surface area contributed by atoms with Crippen molar-refractivity contribution in [1.29, 1.82) is 0 Å². The molecular formula is C35H42OSi2. The van der Waals surface area contributed by atoms with Crippen LogP contribution in [0.5, 0.6) is 0 Å². The monoisotopic (exact) mass is 534 g/mol. The summed E-state index contributed by atoms with van der Waals surface area (Å²) < 4.78 is 7.08. The van der Waals surface area contributed by atoms with Gasteiger partial charge < -0.3 is 4.43 Å². The molecule has 1 nitrogen and oxygen atoms in total. The van der Waals surface area contributed by atoms with Crippen molar-refractivity contribution < 1.29 is 4.43 Å². The van der Waals surface area contributed by atoms with Gasteiger partial charge in [0.2, 0.25) is 0 Å². The Morgan fingerprint density at radius 2 is 0.974 bits per heavy atom. The first-order valence-electron chi connectivity index (χ1n) is 13.9. The number of hydrogen-bond acceptors (Lipinski definition) is 1. The highest BCUT2D eigenvalue weighted by Crippen LogP contribution is 2.36. The topological polar surface area (TPSA) is 9.23 Å². The van der Waals surface area contributed by atoms with Gasteiger partial charge in [0.15, 0.2) is 0 Å². The smallest absolute Gasteiger partial charge is 0.261 e. The van der Waals surface area contributed by atoms with Gasteiger partial charge in [0.05, 0.1) is 0 Å². The van der Waals surface area contributed by atoms with Gasteiger partial charge in [-0.15, -0.1) is 0 Å². The Bertz CT molecular complexity index is 1180. The molecule has 0 aliphatic heterocycles. The molecule has 4 aromatic rings. The molecule has 0 saturated heterocycles. The first kappa shape index (κ1) is 28.0. The van der Waals surface area contributed by atoms with E-state index >= 15 is 0 Å². The lowest BCUT2D eigenvalue weighted by atomic mass is 10.2. The molecule has 0 bridgehead atoms. The average molecular weight is 535 g/mol. The van der Waals surface area contributed by atoms with Crippen molar-refractivity contribution >= 4 is 37.1 Å². The zero-order chi connectivity index (χ0) is 26.9. The molecule has 0 aliphatic carbocycles. The molecule has 3 heteroatoms. The van der Waals surface area contributed by atoms with Crippen LogP contribution in [0.3, 0.4) is 0 Å². The van der Waals surface area contributed by atoms with Crippen LogP contribution in [0.25, 0.3) is 0 Å². The third kappa shape index (κ3) is 6.18. The molecule has 0 unspecified atom stereocenters. The molecule has 0 atom stereocenters. The Balaban J connectivity index is 1.46. The highest BCUT2D eigenvalue weighted by atomic mass is 28.4. The van der Waals surface area contributed by atoms with Crippen LogP contribution in [0.15, 0.2) is 133 Å². The van der Waals surface area contributed by atoms with Crippen LogP contribution in [-0.4, -0.2) is 23.0 Å². The van der Waals surface area contributed by atoms with Crippen LogP contribution in [0.1, 0.15) is 40.0 Å². The van der Waals surface area contributed by atoms with Gasteiger partial charge in [-0.05, 0) is 34.7 Å². The van der Waals surface area contributed by atoms with Crippen LogP contribution in [0.2, 0.25) is 11.6 Å². The number of allylic oxidation sites excluding steroid dienone is 1. The summed E-state index contributed by atoms with van der Waals surface area (Å²) in [6.45, 7) is 10.3. The Hall–Kier alpha value is -2.99. The van der Waals surface area contributed by atoms with Gasteiger partial charge in [-0.2, -0.15) is 0 Å². The number of hydrogen-bond donors (Lipinski definition) is 0. The Kier molecular flexibility index (Phi) is 9.37. The summed E-state index contributed by atoms with van der Waals surface area (Å²) in [5.41, 5.74) is 2.53. The maximum atomic E-state index is 7.08. The number of rotatable bonds is 11. The SMILES string of the molecule is CC(C)(C)[Si](OCCCC/C=C/[Si](C)(c1ccccc1)c1ccccc1)(c1ccccc1)c1ccccc1. The highest BCUT2D eigenvalue weighted by Gasteiger charge is 2.49. The van der Waals surface area contributed by atoms with E-state index in [9.17, 15) is 0 Å². The summed E-state index contributed by atoms with van der Waals surface area (Å²) in [4.78, 5) is 0. The quantitative estimate of drug-likeness (QED) is 0.153. The molecule has 0 amide bonds. The molecule has 38 heavy (non-hydrogen) atoms. The standard InChI is InChI=1S/C35H42OSi2/c1-35(2,3)38(33-25-15-9-16-26-33,34-27-17-10-18-28-34)36-29-19-5-6-20-30-37(4,31-21-11-7-12-22-31)32-23-13-8-14-24-32/h7-18,20-28,30H,5-6,19,29H2,1-4H3/b30-20+. The van der Waals surface area contributed by atoms with Crippen molar-refractivity contribution in [2.45, 2.75) is 51.6 Å². The van der Waals surface area contributed by atoms with Gasteiger partial charge in [-0.3, -0.25) is 0 Å². The van der Waals surface area contributed by atoms with Gasteiger partial charge in [0.1, 0.15) is 8.07 Å². The van der Waals surface area contributed by atoms with Gasteiger partial charge in [-0.1, -0.05) is 171 Å². The van der Waals surface area contributed by atoms with Gasteiger partial charge in [0, 0.05) is 6.61 Å². The van der Waals surface area contributed by atoms with E-state index in [1.165, 1.54) is 20.7 Å². The van der Waals surface area contributed by atoms with Crippen molar-refractivity contribution in [2.75, 3.05) is 6.61 Å². The molecule has 0 heterocycles. The minimum absolute atomic E-state index is 0.0222. The minimum atomic E-state index is -2.45. The van der Waals surface area contributed by atoms with Crippen molar-refractivity contribution in [1.82, 2.24) is 0 Å². The molecule has 0 radical (unpaired) electrons. The maximum absolute atomic E-state index is 7.08. The van der Waals surface area contributed by atoms with E-state index in [1.54, 1.807) is 0 Å². The Morgan fingerprint density at radius 3 is 1.37 bits per heavy atom. The van der Waals surface area contributed by atoms with Gasteiger partial charge in [0.25, 0.3) is 8.32 Å². The summed E-state index contributed by atoms with van der Waals surface area (Å²) in [5, 5.41) is 5.64. The second-order valence-corrected chi connectivity index (χ2v) is 19.5. The minimum Gasteiger partial charge on any atom is -0.407 e. The first-order valence-corrected chi connectivity index (χ1v) is 18.4. The fourth-order valence-electron chi connectivity index (χ4n) is 5.60. The lowest BCUT2D eigenvalue weighted by Gasteiger charge is -2.43. The van der Waals surface area contributed by atoms with E-state index in [-0.39, 0.29) is 5.04 Å². The fraction of sp³-hybridized carbons (Fsp3) is 0.257. The lowest BCUT2D eigenvalue weighted by Crippen LogP contribution is -2.66. The molecule has 0 aromatic heterocycles. The van der Waals surface area contributed by atoms with Crippen LogP contribution < -0.4 is 20.7 Å². The molecule has 0 N–H and O–H groups in total. The first-order chi connectivity index (χ1) is 18.4. The summed E-state index contributed by atoms with van der Waals surface area (Å²) in [5.74, 6) is 0. The number of unbranched alkanes of at least 4 members (excludes halogenated alkanes) is 2. The van der Waals surface area contributed by atoms with Crippen molar-refractivity contribution in [3.8, 4) is 0 Å². The molecule has 4 aromatic carbocycles. The molecule has 4 rings (SSSR count). The zero-order valence-corrected chi connectivity index (χ0v) is 25.4. The van der Waals surface area contributed by atoms with Gasteiger partial charge in [-0.25, -0.2) is 0 Å². The third-order valence-electron chi connectivity index (χ3n) is 7.70. The third-order valence-corrected chi connectivity index (χ3v) is 16.7. The highest BCUT2D eigenvalue weighted by molar-refractivity contribution is 7.05. The average Bonchev–Trinajstić information content (AvgIpc) is 2.95. The normalized spacial score (nSPS) is 12.6. The van der Waals surface area contributed by atoms with E-state index in [0.29, 0.717) is 0 Å². The molecule has 0 saturated carbocycles. The van der Waals surface area contributed by atoms with Crippen molar-refractivity contribution in [3.63, 3.8) is 0 Å². The van der Waals surface area contributed by atoms with E-state index in [0.717, 1.165) is 25.9 Å². The van der Waals surface area contributed by atoms with E-state index in [2.05, 4.69) is 160 Å². The molecule has 0 aliphatic rings. The van der Waals surface area contributed by atoms with Crippen LogP contribution in [0, 0.1) is 0 Å². The van der Waals surface area contributed by atoms with Crippen molar-refractivity contribution in [3.05, 3.63) is 133 Å². The summed E-state index contributed by atoms with van der Waals surface area (Å²) >= 11 is 0. The van der Waals surface area contributed by atoms with E-state index < -0.39 is 16.4 Å². The Morgan fingerprint density at radius 1 is 0.579 bits per heavy atom. The fourth-order valence-corrected chi connectivity index (χ4v) is 13.3. The van der Waals surface area contributed by atoms with Crippen LogP contribution in [-0.2, 0) is 4.43 Å². The summed E-state index contributed by atoms with van der Waals surface area (Å²) in [6.07, 6.45) is 5.69. The summed E-state index contributed by atoms with van der Waals surface area (Å²) in [7, 11) is -4.37. The van der Waals surface area contributed by atoms with Gasteiger partial charge >= 0.3 is 0 Å². The predicted molar refractivity (Wildman–Crippen MR) is 170 cm³/mol. The molecule has 0 spiro atoms. The second kappa shape index (κ2) is 12.7. The zero-order valence-electron chi connectivity index (χ0n) is 23.4. The van der Waals surface area contributed by atoms with Crippen molar-refractivity contribution in [2.24, 2.45) is 0 Å². The maximum Gasteiger partial charge on any atom is 0.261 e. The molecule has 0 fully saturated rings. The molecular weight excluding hydrogens is 493 g/mol. The van der Waals surface area contributed by atoms with E-state index in [1.807, 2.05) is 0 Å². The lowest BCUT2D eigenvalue weighted by molar-refractivity contribution is 0.289. The van der Waals surface area contributed by atoms with Crippen LogP contribution >= 0.6 is 0 Å². The van der Waals surface area contributed by atoms with Crippen LogP contribution in [0.4, 0.5) is 0 Å². The largest absolute Gasteiger partial charge is 0.407 e.